The van der Waals surface area contributed by atoms with Crippen molar-refractivity contribution in [1.29, 1.82) is 0 Å². The summed E-state index contributed by atoms with van der Waals surface area (Å²) < 4.78 is 12.5. The third-order valence-corrected chi connectivity index (χ3v) is 3.21. The Kier molecular flexibility index (Phi) is 4.74. The largest absolute Gasteiger partial charge is 0.613 e. The normalized spacial score (nSPS) is 23.9. The summed E-state index contributed by atoms with van der Waals surface area (Å²) in [5.74, 6) is 0. The van der Waals surface area contributed by atoms with Crippen LogP contribution in [0.25, 0.3) is 0 Å². The van der Waals surface area contributed by atoms with E-state index in [0.717, 1.165) is 25.9 Å². The zero-order chi connectivity index (χ0) is 8.81. The van der Waals surface area contributed by atoms with Crippen molar-refractivity contribution >= 4 is 8.18 Å². The molecular weight excluding hydrogens is 173 g/mol. The van der Waals surface area contributed by atoms with Crippen molar-refractivity contribution in [3.8, 4) is 0 Å². The zero-order valence-electron chi connectivity index (χ0n) is 7.41. The Balaban J connectivity index is 2.33. The highest BCUT2D eigenvalue weighted by molar-refractivity contribution is 7.35. The fourth-order valence-corrected chi connectivity index (χ4v) is 2.20. The molecule has 1 N–H and O–H groups in total. The van der Waals surface area contributed by atoms with Crippen molar-refractivity contribution in [2.24, 2.45) is 0 Å². The van der Waals surface area contributed by atoms with Crippen LogP contribution in [0.15, 0.2) is 0 Å². The average Bonchev–Trinajstić information content (AvgIpc) is 2.15. The van der Waals surface area contributed by atoms with Crippen LogP contribution < -0.4 is 0 Å². The van der Waals surface area contributed by atoms with E-state index in [1.165, 1.54) is 25.7 Å². The van der Waals surface area contributed by atoms with E-state index in [4.69, 9.17) is 4.89 Å². The van der Waals surface area contributed by atoms with Gasteiger partial charge in [-0.1, -0.05) is 30.4 Å². The summed E-state index contributed by atoms with van der Waals surface area (Å²) in [7, 11) is -2.08. The Bertz CT molecular complexity index is 142. The summed E-state index contributed by atoms with van der Waals surface area (Å²) in [6, 6.07) is 0. The van der Waals surface area contributed by atoms with Gasteiger partial charge in [-0.05, 0) is 17.4 Å². The summed E-state index contributed by atoms with van der Waals surface area (Å²) in [4.78, 5) is 8.92. The van der Waals surface area contributed by atoms with E-state index in [2.05, 4.69) is 0 Å². The molecule has 0 aromatic rings. The minimum atomic E-state index is -2.08. The van der Waals surface area contributed by atoms with Crippen LogP contribution in [0.5, 0.6) is 0 Å². The molecule has 0 spiro atoms. The van der Waals surface area contributed by atoms with Gasteiger partial charge < -0.3 is 0 Å². The van der Waals surface area contributed by atoms with Crippen LogP contribution in [0.1, 0.15) is 38.5 Å². The molecule has 4 heteroatoms. The third-order valence-electron chi connectivity index (χ3n) is 2.32. The molecule has 0 bridgehead atoms. The highest BCUT2D eigenvalue weighted by atomic mass is 31.1. The van der Waals surface area contributed by atoms with Gasteiger partial charge in [-0.2, -0.15) is 0 Å². The van der Waals surface area contributed by atoms with E-state index in [-0.39, 0.29) is 0 Å². The van der Waals surface area contributed by atoms with Gasteiger partial charge in [-0.3, -0.25) is 0 Å². The van der Waals surface area contributed by atoms with Crippen LogP contribution in [-0.2, 0) is 4.57 Å². The molecule has 0 radical (unpaired) electrons. The molecule has 1 aliphatic heterocycles. The van der Waals surface area contributed by atoms with Gasteiger partial charge in [0.25, 0.3) is 0 Å². The Morgan fingerprint density at radius 3 is 1.75 bits per heavy atom. The first-order chi connectivity index (χ1) is 5.80. The summed E-state index contributed by atoms with van der Waals surface area (Å²) >= 11 is 0. The molecule has 1 fully saturated rings. The maximum Gasteiger partial charge on any atom is 0.613 e. The maximum absolute atomic E-state index is 10.8. The lowest BCUT2D eigenvalue weighted by Gasteiger charge is -2.04. The van der Waals surface area contributed by atoms with Gasteiger partial charge in [0.2, 0.25) is 0 Å². The second-order valence-electron chi connectivity index (χ2n) is 3.33. The average molecular weight is 190 g/mol. The Morgan fingerprint density at radius 2 is 1.33 bits per heavy atom. The number of hydrogen-bond donors (Lipinski definition) is 1. The molecule has 12 heavy (non-hydrogen) atoms. The van der Waals surface area contributed by atoms with Crippen molar-refractivity contribution < 1.29 is 9.46 Å². The van der Waals surface area contributed by atoms with Crippen LogP contribution in [0.4, 0.5) is 0 Å². The zero-order valence-corrected chi connectivity index (χ0v) is 8.30. The molecule has 0 saturated carbocycles. The number of rotatable bonds is 1. The van der Waals surface area contributed by atoms with E-state index in [9.17, 15) is 4.57 Å². The minimum Gasteiger partial charge on any atom is -0.144 e. The lowest BCUT2D eigenvalue weighted by atomic mass is 10.1. The van der Waals surface area contributed by atoms with Gasteiger partial charge in [0.05, 0.1) is 0 Å². The summed E-state index contributed by atoms with van der Waals surface area (Å²) in [5.41, 5.74) is 0. The van der Waals surface area contributed by atoms with Crippen LogP contribution in [0.2, 0.25) is 0 Å². The first-order valence-corrected chi connectivity index (χ1v) is 5.88. The summed E-state index contributed by atoms with van der Waals surface area (Å²) in [6.45, 7) is 1.59. The summed E-state index contributed by atoms with van der Waals surface area (Å²) in [6.07, 6.45) is 7.13. The Morgan fingerprint density at radius 1 is 0.917 bits per heavy atom. The van der Waals surface area contributed by atoms with Gasteiger partial charge in [-0.15, -0.1) is 4.89 Å². The van der Waals surface area contributed by atoms with Gasteiger partial charge in [-0.25, -0.2) is 0 Å². The van der Waals surface area contributed by atoms with Crippen molar-refractivity contribution in [2.45, 2.75) is 38.5 Å². The molecule has 1 atom stereocenters. The molecule has 1 rings (SSSR count). The standard InChI is InChI=1S/C8H16NO2P/c10-12(11)9-7-5-3-1-2-4-6-8-9/h1-8H2/p+1. The second kappa shape index (κ2) is 5.63. The molecule has 0 amide bonds. The number of hydrogen-bond acceptors (Lipinski definition) is 1. The second-order valence-corrected chi connectivity index (χ2v) is 4.40. The number of nitrogens with zero attached hydrogens (tertiary/aromatic N) is 1. The quantitative estimate of drug-likeness (QED) is 0.645. The monoisotopic (exact) mass is 190 g/mol. The lowest BCUT2D eigenvalue weighted by Crippen LogP contribution is -2.17. The first-order valence-electron chi connectivity index (χ1n) is 4.72. The van der Waals surface area contributed by atoms with E-state index >= 15 is 0 Å². The van der Waals surface area contributed by atoms with Gasteiger partial charge in [0.1, 0.15) is 0 Å². The van der Waals surface area contributed by atoms with E-state index < -0.39 is 8.18 Å². The smallest absolute Gasteiger partial charge is 0.144 e. The van der Waals surface area contributed by atoms with Crippen molar-refractivity contribution in [3.63, 3.8) is 0 Å². The minimum absolute atomic E-state index is 0.797. The van der Waals surface area contributed by atoms with Crippen LogP contribution >= 0.6 is 8.18 Å². The van der Waals surface area contributed by atoms with E-state index in [1.807, 2.05) is 0 Å². The topological polar surface area (TPSA) is 40.5 Å². The third kappa shape index (κ3) is 3.61. The fraction of sp³-hybridized carbons (Fsp3) is 1.00. The molecule has 1 saturated heterocycles. The van der Waals surface area contributed by atoms with Crippen LogP contribution in [0.3, 0.4) is 0 Å². The Labute approximate surface area is 74.7 Å². The highest BCUT2D eigenvalue weighted by Crippen LogP contribution is 2.24. The predicted molar refractivity (Wildman–Crippen MR) is 49.1 cm³/mol. The molecule has 70 valence electrons. The van der Waals surface area contributed by atoms with Crippen molar-refractivity contribution in [1.82, 2.24) is 4.67 Å². The molecule has 3 nitrogen and oxygen atoms in total. The first kappa shape index (κ1) is 10.1. The van der Waals surface area contributed by atoms with Crippen LogP contribution in [-0.4, -0.2) is 22.7 Å². The van der Waals surface area contributed by atoms with Crippen molar-refractivity contribution in [3.05, 3.63) is 0 Å². The fourth-order valence-electron chi connectivity index (χ4n) is 1.58. The van der Waals surface area contributed by atoms with Gasteiger partial charge >= 0.3 is 8.18 Å². The predicted octanol–water partition coefficient (Wildman–Crippen LogP) is 2.29. The molecule has 0 aromatic heterocycles. The molecule has 1 unspecified atom stereocenters. The SMILES string of the molecule is O=[P+](O)N1CCCCCCCC1. The maximum atomic E-state index is 10.8. The molecule has 1 aliphatic rings. The molecule has 1 heterocycles. The summed E-state index contributed by atoms with van der Waals surface area (Å²) in [5, 5.41) is 0. The van der Waals surface area contributed by atoms with Crippen LogP contribution in [0, 0.1) is 0 Å². The van der Waals surface area contributed by atoms with Crippen molar-refractivity contribution in [2.75, 3.05) is 13.1 Å². The van der Waals surface area contributed by atoms with E-state index in [0.29, 0.717) is 0 Å². The lowest BCUT2D eigenvalue weighted by molar-refractivity contribution is 0.361. The Hall–Kier alpha value is 0.0200. The molecule has 0 aromatic carbocycles. The van der Waals surface area contributed by atoms with E-state index in [1.54, 1.807) is 4.67 Å². The van der Waals surface area contributed by atoms with Gasteiger partial charge in [0.15, 0.2) is 0 Å². The highest BCUT2D eigenvalue weighted by Gasteiger charge is 2.24. The molecule has 0 aliphatic carbocycles. The van der Waals surface area contributed by atoms with Gasteiger partial charge in [0, 0.05) is 13.1 Å². The molecular formula is C8H17NO2P+.